The van der Waals surface area contributed by atoms with Gasteiger partial charge in [0.2, 0.25) is 5.69 Å². The molecule has 0 bridgehead atoms. The number of aromatic nitrogens is 1. The number of aryl methyl sites for hydroxylation is 3. The molecule has 0 atom stereocenters. The van der Waals surface area contributed by atoms with Gasteiger partial charge in [0.25, 0.3) is 5.91 Å². The van der Waals surface area contributed by atoms with Gasteiger partial charge in [-0.3, -0.25) is 4.79 Å². The van der Waals surface area contributed by atoms with Crippen LogP contribution < -0.4 is 14.8 Å². The number of rotatable bonds is 7. The molecule has 2 aromatic rings. The van der Waals surface area contributed by atoms with Crippen LogP contribution in [0, 0.1) is 12.1 Å². The number of pyridine rings is 1. The van der Waals surface area contributed by atoms with Crippen molar-refractivity contribution in [1.82, 2.24) is 0 Å². The van der Waals surface area contributed by atoms with Crippen LogP contribution >= 0.6 is 0 Å². The molecular formula is C22H30N2O3. The summed E-state index contributed by atoms with van der Waals surface area (Å²) in [6.45, 7) is 11.5. The number of carbonyl (C=O) groups is 1. The van der Waals surface area contributed by atoms with E-state index in [1.807, 2.05) is 39.0 Å². The number of amides is 1. The van der Waals surface area contributed by atoms with E-state index >= 15 is 0 Å². The molecule has 0 aliphatic heterocycles. The lowest BCUT2D eigenvalue weighted by Gasteiger charge is -2.19. The minimum atomic E-state index is -0.303. The molecule has 0 aliphatic rings. The first kappa shape index (κ1) is 20.7. The van der Waals surface area contributed by atoms with E-state index in [1.54, 1.807) is 13.0 Å². The molecule has 5 heteroatoms. The Morgan fingerprint density at radius 2 is 1.74 bits per heavy atom. The van der Waals surface area contributed by atoms with E-state index in [0.29, 0.717) is 29.1 Å². The average Bonchev–Trinajstić information content (AvgIpc) is 2.63. The molecule has 0 saturated carbocycles. The molecule has 146 valence electrons. The lowest BCUT2D eigenvalue weighted by atomic mass is 10.0. The molecule has 1 N–H and O–H groups in total. The minimum absolute atomic E-state index is 0.0997. The molecule has 0 aliphatic carbocycles. The summed E-state index contributed by atoms with van der Waals surface area (Å²) in [5.41, 5.74) is 4.25. The van der Waals surface area contributed by atoms with Crippen LogP contribution in [0.15, 0.2) is 24.3 Å². The molecule has 0 saturated heterocycles. The third-order valence-corrected chi connectivity index (χ3v) is 4.60. The molecule has 0 fully saturated rings. The Morgan fingerprint density at radius 3 is 2.22 bits per heavy atom. The van der Waals surface area contributed by atoms with E-state index in [4.69, 9.17) is 4.74 Å². The van der Waals surface area contributed by atoms with Crippen molar-refractivity contribution in [3.8, 4) is 5.75 Å². The van der Waals surface area contributed by atoms with Gasteiger partial charge in [-0.05, 0) is 37.8 Å². The predicted molar refractivity (Wildman–Crippen MR) is 108 cm³/mol. The van der Waals surface area contributed by atoms with Crippen LogP contribution in [-0.2, 0) is 19.3 Å². The number of hydrogen-bond acceptors (Lipinski definition) is 3. The van der Waals surface area contributed by atoms with Gasteiger partial charge in [-0.15, -0.1) is 0 Å². The Morgan fingerprint density at radius 1 is 1.15 bits per heavy atom. The standard InChI is InChI=1S/C22H30N2O3/c1-7-16-11-10-12-17(8-2)21(16)23-22(25)20-18(9-3)24(26)15(6)13-19(20)27-14(4)5/h10-14H,7-9H2,1-6H3,(H,23,25). The molecule has 1 amide bonds. The van der Waals surface area contributed by atoms with Crippen molar-refractivity contribution in [3.05, 3.63) is 57.6 Å². The molecule has 1 aromatic heterocycles. The summed E-state index contributed by atoms with van der Waals surface area (Å²) < 4.78 is 6.71. The third-order valence-electron chi connectivity index (χ3n) is 4.60. The maximum absolute atomic E-state index is 13.3. The van der Waals surface area contributed by atoms with Crippen molar-refractivity contribution in [2.75, 3.05) is 5.32 Å². The summed E-state index contributed by atoms with van der Waals surface area (Å²) in [7, 11) is 0. The Hall–Kier alpha value is -2.56. The molecule has 0 unspecified atom stereocenters. The number of anilines is 1. The fourth-order valence-corrected chi connectivity index (χ4v) is 3.27. The number of nitrogens with zero attached hydrogens (tertiary/aromatic N) is 1. The molecular weight excluding hydrogens is 340 g/mol. The van der Waals surface area contributed by atoms with Gasteiger partial charge in [0.05, 0.1) is 6.10 Å². The average molecular weight is 370 g/mol. The van der Waals surface area contributed by atoms with Crippen LogP contribution in [-0.4, -0.2) is 12.0 Å². The van der Waals surface area contributed by atoms with E-state index in [2.05, 4.69) is 19.2 Å². The van der Waals surface area contributed by atoms with Crippen LogP contribution in [0.25, 0.3) is 0 Å². The summed E-state index contributed by atoms with van der Waals surface area (Å²) in [6.07, 6.45) is 1.97. The van der Waals surface area contributed by atoms with Crippen LogP contribution in [0.4, 0.5) is 5.69 Å². The molecule has 2 rings (SSSR count). The Labute approximate surface area is 162 Å². The molecule has 0 radical (unpaired) electrons. The first-order valence-corrected chi connectivity index (χ1v) is 9.68. The number of nitrogens with one attached hydrogen (secondary N) is 1. The molecule has 0 spiro atoms. The smallest absolute Gasteiger partial charge is 0.265 e. The summed E-state index contributed by atoms with van der Waals surface area (Å²) in [4.78, 5) is 13.3. The second-order valence-electron chi connectivity index (χ2n) is 6.90. The zero-order valence-electron chi connectivity index (χ0n) is 17.2. The monoisotopic (exact) mass is 370 g/mol. The van der Waals surface area contributed by atoms with Gasteiger partial charge in [-0.25, -0.2) is 0 Å². The van der Waals surface area contributed by atoms with Gasteiger partial charge >= 0.3 is 0 Å². The van der Waals surface area contributed by atoms with Crippen LogP contribution in [0.1, 0.15) is 67.5 Å². The van der Waals surface area contributed by atoms with Gasteiger partial charge in [0.1, 0.15) is 11.3 Å². The van der Waals surface area contributed by atoms with Crippen molar-refractivity contribution < 1.29 is 14.3 Å². The topological polar surface area (TPSA) is 65.3 Å². The van der Waals surface area contributed by atoms with E-state index in [1.165, 1.54) is 0 Å². The number of para-hydroxylation sites is 1. The highest BCUT2D eigenvalue weighted by Gasteiger charge is 2.27. The highest BCUT2D eigenvalue weighted by molar-refractivity contribution is 6.07. The Kier molecular flexibility index (Phi) is 6.83. The quantitative estimate of drug-likeness (QED) is 0.582. The fourth-order valence-electron chi connectivity index (χ4n) is 3.27. The van der Waals surface area contributed by atoms with Crippen LogP contribution in [0.2, 0.25) is 0 Å². The predicted octanol–water partition coefficient (Wildman–Crippen LogP) is 4.36. The van der Waals surface area contributed by atoms with Crippen molar-refractivity contribution in [1.29, 1.82) is 0 Å². The van der Waals surface area contributed by atoms with Gasteiger partial charge in [-0.2, -0.15) is 4.73 Å². The second-order valence-corrected chi connectivity index (χ2v) is 6.90. The second kappa shape index (κ2) is 8.89. The highest BCUT2D eigenvalue weighted by Crippen LogP contribution is 2.28. The maximum Gasteiger partial charge on any atom is 0.265 e. The zero-order chi connectivity index (χ0) is 20.1. The lowest BCUT2D eigenvalue weighted by Crippen LogP contribution is -2.38. The van der Waals surface area contributed by atoms with Crippen molar-refractivity contribution in [3.63, 3.8) is 0 Å². The Bertz CT molecular complexity index is 807. The van der Waals surface area contributed by atoms with Gasteiger partial charge in [0.15, 0.2) is 5.69 Å². The largest absolute Gasteiger partial charge is 0.618 e. The van der Waals surface area contributed by atoms with E-state index < -0.39 is 0 Å². The van der Waals surface area contributed by atoms with Gasteiger partial charge < -0.3 is 15.3 Å². The van der Waals surface area contributed by atoms with Gasteiger partial charge in [0, 0.05) is 25.1 Å². The lowest BCUT2D eigenvalue weighted by molar-refractivity contribution is -0.620. The van der Waals surface area contributed by atoms with E-state index in [-0.39, 0.29) is 12.0 Å². The number of carbonyl (C=O) groups excluding carboxylic acids is 1. The summed E-state index contributed by atoms with van der Waals surface area (Å²) in [5, 5.41) is 15.6. The summed E-state index contributed by atoms with van der Waals surface area (Å²) in [5.74, 6) is 0.152. The SMILES string of the molecule is CCc1cccc(CC)c1NC(=O)c1c(OC(C)C)cc(C)[n+]([O-])c1CC. The first-order valence-electron chi connectivity index (χ1n) is 9.68. The van der Waals surface area contributed by atoms with E-state index in [0.717, 1.165) is 34.4 Å². The van der Waals surface area contributed by atoms with E-state index in [9.17, 15) is 10.0 Å². The highest BCUT2D eigenvalue weighted by atomic mass is 16.5. The van der Waals surface area contributed by atoms with Crippen LogP contribution in [0.3, 0.4) is 0 Å². The molecule has 27 heavy (non-hydrogen) atoms. The molecule has 1 heterocycles. The van der Waals surface area contributed by atoms with Crippen molar-refractivity contribution in [2.45, 2.75) is 66.9 Å². The maximum atomic E-state index is 13.3. The van der Waals surface area contributed by atoms with Crippen molar-refractivity contribution >= 4 is 11.6 Å². The number of benzene rings is 1. The van der Waals surface area contributed by atoms with Crippen molar-refractivity contribution in [2.24, 2.45) is 0 Å². The first-order chi connectivity index (χ1) is 12.8. The van der Waals surface area contributed by atoms with Crippen LogP contribution in [0.5, 0.6) is 5.75 Å². The summed E-state index contributed by atoms with van der Waals surface area (Å²) in [6, 6.07) is 7.69. The number of ether oxygens (including phenoxy) is 1. The molecule has 1 aromatic carbocycles. The third kappa shape index (κ3) is 4.41. The van der Waals surface area contributed by atoms with Gasteiger partial charge in [-0.1, -0.05) is 39.0 Å². The Balaban J connectivity index is 2.58. The molecule has 5 nitrogen and oxygen atoms in total. The normalized spacial score (nSPS) is 10.9. The minimum Gasteiger partial charge on any atom is -0.618 e. The summed E-state index contributed by atoms with van der Waals surface area (Å²) >= 11 is 0. The number of hydrogen-bond donors (Lipinski definition) is 1. The fraction of sp³-hybridized carbons (Fsp3) is 0.455. The zero-order valence-corrected chi connectivity index (χ0v) is 17.2.